The van der Waals surface area contributed by atoms with Crippen molar-refractivity contribution in [3.05, 3.63) is 0 Å². The topological polar surface area (TPSA) is 158 Å². The van der Waals surface area contributed by atoms with E-state index in [0.717, 1.165) is 25.7 Å². The Balaban J connectivity index is 1.98. The molecule has 29 heavy (non-hydrogen) atoms. The SMILES string of the molecule is CCCCCCO[C@@H]1OC(CO)[C@H](O[C@@H]2OC(CS)[C@H](O)[C@H](O)C2O)[C@H](O)C1O. The lowest BCUT2D eigenvalue weighted by atomic mass is 9.97. The van der Waals surface area contributed by atoms with Crippen molar-refractivity contribution in [1.82, 2.24) is 0 Å². The summed E-state index contributed by atoms with van der Waals surface area (Å²) in [6.07, 6.45) is -9.43. The molecule has 0 aliphatic carbocycles. The lowest BCUT2D eigenvalue weighted by Gasteiger charge is -2.46. The number of rotatable bonds is 10. The van der Waals surface area contributed by atoms with Gasteiger partial charge >= 0.3 is 0 Å². The van der Waals surface area contributed by atoms with Crippen LogP contribution in [0, 0.1) is 0 Å². The maximum absolute atomic E-state index is 10.5. The van der Waals surface area contributed by atoms with Crippen molar-refractivity contribution in [2.75, 3.05) is 19.0 Å². The lowest BCUT2D eigenvalue weighted by Crippen LogP contribution is -2.64. The summed E-state index contributed by atoms with van der Waals surface area (Å²) in [5.41, 5.74) is 0. The smallest absolute Gasteiger partial charge is 0.187 e. The van der Waals surface area contributed by atoms with Gasteiger partial charge in [-0.2, -0.15) is 12.6 Å². The zero-order valence-electron chi connectivity index (χ0n) is 16.5. The number of hydrogen-bond acceptors (Lipinski definition) is 11. The van der Waals surface area contributed by atoms with Crippen molar-refractivity contribution in [2.45, 2.75) is 94.0 Å². The number of hydrogen-bond donors (Lipinski definition) is 7. The first kappa shape index (κ1) is 25.2. The van der Waals surface area contributed by atoms with E-state index in [1.165, 1.54) is 0 Å². The normalized spacial score (nSPS) is 43.4. The minimum absolute atomic E-state index is 0.0501. The van der Waals surface area contributed by atoms with E-state index in [1.807, 2.05) is 0 Å². The van der Waals surface area contributed by atoms with E-state index in [4.69, 9.17) is 18.9 Å². The Bertz CT molecular complexity index is 468. The van der Waals surface area contributed by atoms with Gasteiger partial charge < -0.3 is 49.6 Å². The molecule has 0 amide bonds. The van der Waals surface area contributed by atoms with Gasteiger partial charge in [0.05, 0.1) is 12.7 Å². The first-order chi connectivity index (χ1) is 13.8. The molecule has 2 aliphatic heterocycles. The molecule has 2 fully saturated rings. The highest BCUT2D eigenvalue weighted by Crippen LogP contribution is 2.29. The summed E-state index contributed by atoms with van der Waals surface area (Å²) in [5.74, 6) is 0.0501. The number of ether oxygens (including phenoxy) is 4. The largest absolute Gasteiger partial charge is 0.394 e. The lowest BCUT2D eigenvalue weighted by molar-refractivity contribution is -0.356. The maximum Gasteiger partial charge on any atom is 0.187 e. The Hall–Kier alpha value is -0.0500. The predicted octanol–water partition coefficient (Wildman–Crippen LogP) is -1.86. The van der Waals surface area contributed by atoms with Crippen molar-refractivity contribution in [2.24, 2.45) is 0 Å². The number of unbranched alkanes of at least 4 members (excludes halogenated alkanes) is 3. The van der Waals surface area contributed by atoms with Gasteiger partial charge in [-0.1, -0.05) is 26.2 Å². The van der Waals surface area contributed by atoms with Gasteiger partial charge in [0.25, 0.3) is 0 Å². The van der Waals surface area contributed by atoms with Gasteiger partial charge in [0, 0.05) is 12.4 Å². The van der Waals surface area contributed by atoms with Crippen molar-refractivity contribution >= 4 is 12.6 Å². The molecule has 0 saturated carbocycles. The van der Waals surface area contributed by atoms with E-state index < -0.39 is 68.0 Å². The third kappa shape index (κ3) is 6.23. The van der Waals surface area contributed by atoms with Gasteiger partial charge in [0.1, 0.15) is 42.7 Å². The fourth-order valence-electron chi connectivity index (χ4n) is 3.42. The van der Waals surface area contributed by atoms with Crippen LogP contribution in [0.25, 0.3) is 0 Å². The predicted molar refractivity (Wildman–Crippen MR) is 103 cm³/mol. The molecule has 0 bridgehead atoms. The molecular weight excluding hydrogens is 408 g/mol. The van der Waals surface area contributed by atoms with E-state index in [-0.39, 0.29) is 5.75 Å². The monoisotopic (exact) mass is 442 g/mol. The highest BCUT2D eigenvalue weighted by atomic mass is 32.1. The highest BCUT2D eigenvalue weighted by molar-refractivity contribution is 7.80. The molecule has 0 radical (unpaired) electrons. The first-order valence-electron chi connectivity index (χ1n) is 10.1. The summed E-state index contributed by atoms with van der Waals surface area (Å²) >= 11 is 4.03. The second-order valence-corrected chi connectivity index (χ2v) is 7.80. The van der Waals surface area contributed by atoms with Crippen LogP contribution in [-0.4, -0.2) is 111 Å². The minimum atomic E-state index is -1.61. The Labute approximate surface area is 175 Å². The molecule has 2 aliphatic rings. The average molecular weight is 443 g/mol. The Kier molecular flexibility index (Phi) is 10.5. The van der Waals surface area contributed by atoms with Crippen LogP contribution < -0.4 is 0 Å². The maximum atomic E-state index is 10.5. The van der Waals surface area contributed by atoms with Gasteiger partial charge in [-0.25, -0.2) is 0 Å². The summed E-state index contributed by atoms with van der Waals surface area (Å²) in [7, 11) is 0. The van der Waals surface area contributed by atoms with Crippen LogP contribution in [0.4, 0.5) is 0 Å². The molecule has 0 aromatic rings. The first-order valence-corrected chi connectivity index (χ1v) is 10.7. The second kappa shape index (κ2) is 12.1. The molecule has 11 heteroatoms. The van der Waals surface area contributed by atoms with E-state index in [0.29, 0.717) is 6.61 Å². The van der Waals surface area contributed by atoms with E-state index in [9.17, 15) is 30.6 Å². The summed E-state index contributed by atoms with van der Waals surface area (Å²) in [6.45, 7) is 1.87. The van der Waals surface area contributed by atoms with Crippen LogP contribution in [-0.2, 0) is 18.9 Å². The Morgan fingerprint density at radius 1 is 0.793 bits per heavy atom. The van der Waals surface area contributed by atoms with Gasteiger partial charge in [0.2, 0.25) is 0 Å². The van der Waals surface area contributed by atoms with Crippen LogP contribution in [0.3, 0.4) is 0 Å². The molecule has 2 heterocycles. The number of aliphatic hydroxyl groups excluding tert-OH is 6. The molecular formula is C18H34O10S. The molecule has 10 nitrogen and oxygen atoms in total. The van der Waals surface area contributed by atoms with Gasteiger partial charge in [0.15, 0.2) is 12.6 Å². The molecule has 10 atom stereocenters. The number of thiol groups is 1. The third-order valence-corrected chi connectivity index (χ3v) is 5.60. The number of aliphatic hydroxyl groups is 6. The van der Waals surface area contributed by atoms with Gasteiger partial charge in [-0.3, -0.25) is 0 Å². The van der Waals surface area contributed by atoms with Crippen molar-refractivity contribution in [3.8, 4) is 0 Å². The van der Waals surface area contributed by atoms with Crippen LogP contribution in [0.15, 0.2) is 0 Å². The third-order valence-electron chi connectivity index (χ3n) is 5.24. The van der Waals surface area contributed by atoms with E-state index in [2.05, 4.69) is 19.6 Å². The fourth-order valence-corrected chi connectivity index (χ4v) is 3.72. The van der Waals surface area contributed by atoms with Crippen molar-refractivity contribution < 1.29 is 49.6 Å². The molecule has 6 N–H and O–H groups in total. The van der Waals surface area contributed by atoms with Crippen LogP contribution in [0.5, 0.6) is 0 Å². The highest BCUT2D eigenvalue weighted by Gasteiger charge is 2.50. The minimum Gasteiger partial charge on any atom is -0.394 e. The molecule has 0 aromatic heterocycles. The van der Waals surface area contributed by atoms with Gasteiger partial charge in [-0.15, -0.1) is 0 Å². The molecule has 0 spiro atoms. The zero-order chi connectivity index (χ0) is 21.6. The summed E-state index contributed by atoms with van der Waals surface area (Å²) < 4.78 is 22.0. The summed E-state index contributed by atoms with van der Waals surface area (Å²) in [5, 5.41) is 60.5. The molecule has 0 aromatic carbocycles. The standard InChI is InChI=1S/C18H34O10S/c1-2-3-4-5-6-25-17-15(24)13(22)16(9(7-19)26-17)28-18-14(23)12(21)11(20)10(8-29)27-18/h9-24,29H,2-8H2,1H3/t9?,10?,11-,12-,13+,14?,15?,16-,17+,18-/m0/s1. The van der Waals surface area contributed by atoms with E-state index >= 15 is 0 Å². The summed E-state index contributed by atoms with van der Waals surface area (Å²) in [4.78, 5) is 0. The van der Waals surface area contributed by atoms with Crippen molar-refractivity contribution in [3.63, 3.8) is 0 Å². The quantitative estimate of drug-likeness (QED) is 0.151. The van der Waals surface area contributed by atoms with Crippen LogP contribution in [0.1, 0.15) is 32.6 Å². The molecule has 2 saturated heterocycles. The molecule has 4 unspecified atom stereocenters. The average Bonchev–Trinajstić information content (AvgIpc) is 2.72. The van der Waals surface area contributed by atoms with E-state index in [1.54, 1.807) is 0 Å². The Morgan fingerprint density at radius 3 is 2.07 bits per heavy atom. The zero-order valence-corrected chi connectivity index (χ0v) is 17.4. The Morgan fingerprint density at radius 2 is 1.45 bits per heavy atom. The van der Waals surface area contributed by atoms with Gasteiger partial charge in [-0.05, 0) is 6.42 Å². The summed E-state index contributed by atoms with van der Waals surface area (Å²) in [6, 6.07) is 0. The van der Waals surface area contributed by atoms with Crippen LogP contribution >= 0.6 is 12.6 Å². The second-order valence-electron chi connectivity index (χ2n) is 7.44. The molecule has 172 valence electrons. The van der Waals surface area contributed by atoms with Crippen LogP contribution in [0.2, 0.25) is 0 Å². The van der Waals surface area contributed by atoms with Crippen molar-refractivity contribution in [1.29, 1.82) is 0 Å². The molecule has 2 rings (SSSR count). The fraction of sp³-hybridized carbons (Fsp3) is 1.00.